The molecule has 133 heavy (non-hydrogen) atoms. The molecule has 15 rings (SSSR count). The molecule has 10 N–H and O–H groups in total. The predicted molar refractivity (Wildman–Crippen MR) is 520 cm³/mol. The third-order valence-electron chi connectivity index (χ3n) is 24.1. The first-order chi connectivity index (χ1) is 62.7. The molecule has 5 amide bonds. The van der Waals surface area contributed by atoms with Gasteiger partial charge in [0.2, 0.25) is 0 Å². The molecule has 28 nitrogen and oxygen atoms in total. The number of carboxylic acids is 2. The van der Waals surface area contributed by atoms with Gasteiger partial charge in [-0.1, -0.05) is 98.6 Å². The zero-order valence-corrected chi connectivity index (χ0v) is 81.7. The largest absolute Gasteiger partial charge is 0.507 e. The van der Waals surface area contributed by atoms with Gasteiger partial charge in [-0.05, 0) is 261 Å². The highest BCUT2D eigenvalue weighted by Crippen LogP contribution is 2.50. The SMILES string of the molecule is CC(C)(C)OC(=O)N1CCC2(C=C(B3OC(C)(C)C(C)(C)O3)c3ccccc3O2)CC1.CCN(CC)C(=O)c1ccc(Br)cc1O.CCN(CC)C(=O)c1ccc(C2=CC3(CCN(C(=O)OC(C)(C)C)CC3)Oc3ccccc32)cc1O.CCN(CC)C(=O)c1ccc(C2=CC3(CCNCC3)Oc3ccccc32)cc1O.Nc1ccc(C(=O)O)c(O)c1.O=C(O)c1ccc(Br)cc1O. The van der Waals surface area contributed by atoms with Crippen LogP contribution in [0.3, 0.4) is 0 Å². The zero-order valence-electron chi connectivity index (χ0n) is 78.5. The highest BCUT2D eigenvalue weighted by atomic mass is 79.9. The fraction of sp³-hybridized carbons (Fsp3) is 0.402. The number of rotatable bonds is 14. The fourth-order valence-corrected chi connectivity index (χ4v) is 16.8. The Morgan fingerprint density at radius 3 is 1.07 bits per heavy atom. The van der Waals surface area contributed by atoms with Crippen molar-refractivity contribution in [1.29, 1.82) is 0 Å². The number of carbonyl (C=O) groups excluding carboxylic acids is 5. The summed E-state index contributed by atoms with van der Waals surface area (Å²) in [6.45, 7) is 38.7. The molecule has 710 valence electrons. The highest BCUT2D eigenvalue weighted by Gasteiger charge is 2.55. The van der Waals surface area contributed by atoms with Gasteiger partial charge in [0.25, 0.3) is 17.7 Å². The first-order valence-electron chi connectivity index (χ1n) is 44.9. The van der Waals surface area contributed by atoms with E-state index in [-0.39, 0.29) is 75.4 Å². The predicted octanol–water partition coefficient (Wildman–Crippen LogP) is 19.3. The van der Waals surface area contributed by atoms with Gasteiger partial charge in [-0.25, -0.2) is 19.2 Å². The number of carboxylic acid groups (broad SMARTS) is 2. The first kappa shape index (κ1) is 103. The van der Waals surface area contributed by atoms with Crippen molar-refractivity contribution in [2.24, 2.45) is 0 Å². The Morgan fingerprint density at radius 1 is 0.421 bits per heavy atom. The molecule has 0 aliphatic carbocycles. The van der Waals surface area contributed by atoms with Crippen LogP contribution in [0.4, 0.5) is 15.3 Å². The number of hydrogen-bond donors (Lipinski definition) is 9. The lowest BCUT2D eigenvalue weighted by molar-refractivity contribution is -0.00233. The quantitative estimate of drug-likeness (QED) is 0.0361. The number of likely N-dealkylation sites (tertiary alicyclic amines) is 2. The third kappa shape index (κ3) is 25.7. The van der Waals surface area contributed by atoms with Crippen molar-refractivity contribution >= 4 is 103 Å². The minimum absolute atomic E-state index is 0.0151. The molecule has 0 unspecified atom stereocenters. The molecule has 0 bridgehead atoms. The maximum Gasteiger partial charge on any atom is 0.495 e. The molecule has 0 radical (unpaired) electrons. The van der Waals surface area contributed by atoms with Crippen molar-refractivity contribution in [3.05, 3.63) is 247 Å². The van der Waals surface area contributed by atoms with Crippen LogP contribution in [0, 0.1) is 0 Å². The van der Waals surface area contributed by atoms with Crippen LogP contribution in [0.15, 0.2) is 191 Å². The Morgan fingerprint density at radius 2 is 0.729 bits per heavy atom. The molecule has 0 saturated carbocycles. The Hall–Kier alpha value is -12.0. The van der Waals surface area contributed by atoms with Gasteiger partial charge in [-0.15, -0.1) is 0 Å². The van der Waals surface area contributed by atoms with Crippen molar-refractivity contribution in [2.45, 2.75) is 189 Å². The van der Waals surface area contributed by atoms with Crippen molar-refractivity contribution in [3.63, 3.8) is 0 Å². The van der Waals surface area contributed by atoms with Gasteiger partial charge < -0.3 is 104 Å². The van der Waals surface area contributed by atoms with Gasteiger partial charge >= 0.3 is 31.2 Å². The number of nitrogen functional groups attached to an aromatic ring is 1. The number of anilines is 1. The van der Waals surface area contributed by atoms with E-state index in [4.69, 9.17) is 59.2 Å². The number of aromatic hydroxyl groups is 5. The normalized spacial score (nSPS) is 16.5. The molecule has 0 aromatic heterocycles. The van der Waals surface area contributed by atoms with Gasteiger partial charge in [0.15, 0.2) is 0 Å². The second kappa shape index (κ2) is 43.8. The van der Waals surface area contributed by atoms with Crippen LogP contribution in [0.1, 0.15) is 229 Å². The summed E-state index contributed by atoms with van der Waals surface area (Å²) in [4.78, 5) is 91.7. The summed E-state index contributed by atoms with van der Waals surface area (Å²) in [5.41, 5.74) is 10.7. The number of benzene rings is 8. The van der Waals surface area contributed by atoms with Crippen LogP contribution in [-0.4, -0.2) is 227 Å². The van der Waals surface area contributed by atoms with Crippen LogP contribution in [0.5, 0.6) is 46.0 Å². The molecule has 4 fully saturated rings. The first-order valence-corrected chi connectivity index (χ1v) is 46.5. The third-order valence-corrected chi connectivity index (χ3v) is 25.1. The molecular formula is C102H124BBr2N7O21. The molecular weight excluding hydrogens is 1830 g/mol. The zero-order chi connectivity index (χ0) is 97.5. The van der Waals surface area contributed by atoms with E-state index in [9.17, 15) is 48.9 Å². The van der Waals surface area contributed by atoms with Gasteiger partial charge in [0.05, 0.1) is 27.9 Å². The molecule has 7 aliphatic heterocycles. The summed E-state index contributed by atoms with van der Waals surface area (Å²) in [5, 5.41) is 69.5. The second-order valence-corrected chi connectivity index (χ2v) is 37.9. The second-order valence-electron chi connectivity index (χ2n) is 36.1. The average molecular weight is 1950 g/mol. The van der Waals surface area contributed by atoms with Crippen molar-refractivity contribution < 1.29 is 102 Å². The van der Waals surface area contributed by atoms with Crippen LogP contribution in [0.25, 0.3) is 16.6 Å². The van der Waals surface area contributed by atoms with Crippen molar-refractivity contribution in [1.82, 2.24) is 29.8 Å². The van der Waals surface area contributed by atoms with E-state index in [1.165, 1.54) is 36.4 Å². The van der Waals surface area contributed by atoms with Gasteiger partial charge in [-0.2, -0.15) is 0 Å². The smallest absolute Gasteiger partial charge is 0.495 e. The molecule has 4 saturated heterocycles. The topological polar surface area (TPSA) is 380 Å². The Labute approximate surface area is 795 Å². The Bertz CT molecular complexity index is 5550. The summed E-state index contributed by atoms with van der Waals surface area (Å²) >= 11 is 6.32. The van der Waals surface area contributed by atoms with Gasteiger partial charge in [0.1, 0.15) is 85.1 Å². The number of ether oxygens (including phenoxy) is 5. The van der Waals surface area contributed by atoms with Crippen LogP contribution >= 0.6 is 31.9 Å². The number of nitrogens with one attached hydrogen (secondary N) is 1. The molecule has 31 heteroatoms. The average Bonchev–Trinajstić information content (AvgIpc) is 1.34. The van der Waals surface area contributed by atoms with E-state index in [1.807, 2.05) is 162 Å². The Balaban J connectivity index is 0.000000174. The summed E-state index contributed by atoms with van der Waals surface area (Å²) in [7, 11) is -0.462. The van der Waals surface area contributed by atoms with Gasteiger partial charge in [-0.3, -0.25) is 14.4 Å². The number of piperidine rings is 3. The van der Waals surface area contributed by atoms with E-state index >= 15 is 0 Å². The number of para-hydroxylation sites is 3. The number of carbonyl (C=O) groups is 7. The number of aromatic carboxylic acids is 2. The Kier molecular flexibility index (Phi) is 33.9. The lowest BCUT2D eigenvalue weighted by Crippen LogP contribution is -2.51. The maximum absolute atomic E-state index is 12.8. The monoisotopic (exact) mass is 1950 g/mol. The van der Waals surface area contributed by atoms with Crippen molar-refractivity contribution in [2.75, 3.05) is 84.3 Å². The molecule has 0 atom stereocenters. The number of nitrogens with two attached hydrogens (primary N) is 1. The number of fused-ring (bicyclic) bond motifs is 3. The number of nitrogens with zero attached hydrogens (tertiary/aromatic N) is 5. The summed E-state index contributed by atoms with van der Waals surface area (Å²) in [5.74, 6) is -0.829. The van der Waals surface area contributed by atoms with E-state index in [0.717, 1.165) is 92.1 Å². The highest BCUT2D eigenvalue weighted by molar-refractivity contribution is 9.10. The summed E-state index contributed by atoms with van der Waals surface area (Å²) < 4.78 is 44.7. The van der Waals surface area contributed by atoms with Crippen LogP contribution in [-0.2, 0) is 18.8 Å². The van der Waals surface area contributed by atoms with E-state index in [2.05, 4.69) is 89.2 Å². The molecule has 7 heterocycles. The van der Waals surface area contributed by atoms with Crippen molar-refractivity contribution in [3.8, 4) is 46.0 Å². The van der Waals surface area contributed by atoms with Crippen LogP contribution in [0.2, 0.25) is 0 Å². The van der Waals surface area contributed by atoms with E-state index in [1.54, 1.807) is 67.0 Å². The number of amides is 5. The standard InChI is InChI=1S/C29H36N2O5.C24H34BNO5.C24H28N2O3.C11H14BrNO2.C7H5BrO3.C7H7NO3/c1-6-30(7-2)26(33)22-13-12-20(18-24(22)32)23-19-29(35-25-11-9-8-10-21(23)25)14-16-31(17-15-29)27(34)36-28(3,4)5;1-21(2,3)29-20(27)26-14-12-24(13-15-26)16-18(17-10-8-9-11-19(17)28-24)25-30-22(4,5)23(6,7)31-25;1-3-26(4-2)23(28)19-10-9-17(15-21(19)27)20-16-24(11-13-25-14-12-24)29-22-8-6-5-7-18(20)22;1-3-13(4-2)11(15)9-6-5-8(12)7-10(9)14;2*8-4-1-2-5(7(10)11)6(9)3-4/h8-13,18-19,32H,6-7,14-17H2,1-5H3;8-11,16H,12-15H2,1-7H3;5-10,15-16,25,27H,3-4,11-14H2,1-2H3;5-7,14H,3-4H2,1-2H3;1-3,9H,(H,10,11);1-3,9H,8H2,(H,10,11). The summed E-state index contributed by atoms with van der Waals surface area (Å²) in [6.07, 6.45) is 10.3. The van der Waals surface area contributed by atoms with E-state index in [0.29, 0.717) is 118 Å². The van der Waals surface area contributed by atoms with Gasteiger partial charge in [0, 0.05) is 141 Å². The molecule has 3 spiro atoms. The molecule has 7 aliphatic rings. The maximum atomic E-state index is 12.8. The summed E-state index contributed by atoms with van der Waals surface area (Å²) in [6, 6.07) is 47.5. The minimum atomic E-state index is -1.16. The lowest BCUT2D eigenvalue weighted by atomic mass is 9.69. The fourth-order valence-electron chi connectivity index (χ4n) is 16.1. The van der Waals surface area contributed by atoms with E-state index < -0.39 is 52.7 Å². The number of halogens is 2. The lowest BCUT2D eigenvalue weighted by Gasteiger charge is -2.43. The minimum Gasteiger partial charge on any atom is -0.507 e. The number of phenols is 5. The molecule has 8 aromatic rings. The number of phenolic OH excluding ortho intramolecular Hbond substituents is 3. The molecule has 8 aromatic carbocycles. The number of hydrogen-bond acceptors (Lipinski definition) is 21. The van der Waals surface area contributed by atoms with Crippen LogP contribution < -0.4 is 25.3 Å².